The van der Waals surface area contributed by atoms with Crippen molar-refractivity contribution in [2.45, 2.75) is 26.4 Å². The van der Waals surface area contributed by atoms with Crippen LogP contribution in [0.3, 0.4) is 0 Å². The van der Waals surface area contributed by atoms with Gasteiger partial charge < -0.3 is 0 Å². The van der Waals surface area contributed by atoms with E-state index in [0.717, 1.165) is 4.68 Å². The number of hydrogen-bond acceptors (Lipinski definition) is 4. The van der Waals surface area contributed by atoms with Gasteiger partial charge in [-0.3, -0.25) is 14.8 Å². The molecule has 2 aromatic heterocycles. The third-order valence-electron chi connectivity index (χ3n) is 3.83. The molecule has 0 aliphatic heterocycles. The zero-order chi connectivity index (χ0) is 20.4. The molecule has 12 heteroatoms. The Kier molecular flexibility index (Phi) is 5.90. The zero-order valence-corrected chi connectivity index (χ0v) is 15.8. The maximum absolute atomic E-state index is 13.8. The van der Waals surface area contributed by atoms with Crippen molar-refractivity contribution in [3.8, 4) is 0 Å². The van der Waals surface area contributed by atoms with Gasteiger partial charge in [-0.2, -0.15) is 5.10 Å². The molecule has 0 unspecified atom stereocenters. The lowest BCUT2D eigenvalue weighted by Gasteiger charge is -2.05. The van der Waals surface area contributed by atoms with Crippen LogP contribution in [0.4, 0.5) is 19.1 Å². The molecule has 0 aliphatic carbocycles. The molecular formula is C16H13Cl2F3N6O. The minimum absolute atomic E-state index is 0.0139. The van der Waals surface area contributed by atoms with E-state index in [9.17, 15) is 18.0 Å². The van der Waals surface area contributed by atoms with E-state index < -0.39 is 23.8 Å². The molecule has 0 aliphatic rings. The van der Waals surface area contributed by atoms with Crippen LogP contribution >= 0.6 is 23.2 Å². The molecule has 0 atom stereocenters. The number of hydrogen-bond donors (Lipinski definition) is 1. The van der Waals surface area contributed by atoms with Gasteiger partial charge in [-0.1, -0.05) is 29.3 Å². The van der Waals surface area contributed by atoms with E-state index in [4.69, 9.17) is 23.2 Å². The highest BCUT2D eigenvalue weighted by molar-refractivity contribution is 6.32. The van der Waals surface area contributed by atoms with E-state index in [1.54, 1.807) is 6.07 Å². The van der Waals surface area contributed by atoms with Crippen molar-refractivity contribution in [2.75, 3.05) is 5.32 Å². The highest BCUT2D eigenvalue weighted by Crippen LogP contribution is 2.28. The number of halogens is 5. The quantitative estimate of drug-likeness (QED) is 0.641. The number of rotatable bonds is 6. The predicted octanol–water partition coefficient (Wildman–Crippen LogP) is 3.85. The zero-order valence-electron chi connectivity index (χ0n) is 14.3. The molecule has 0 spiro atoms. The van der Waals surface area contributed by atoms with Gasteiger partial charge in [0.2, 0.25) is 11.9 Å². The molecular weight excluding hydrogens is 420 g/mol. The topological polar surface area (TPSA) is 77.6 Å². The molecule has 0 saturated carbocycles. The Morgan fingerprint density at radius 3 is 2.68 bits per heavy atom. The Morgan fingerprint density at radius 1 is 1.29 bits per heavy atom. The number of benzene rings is 1. The number of alkyl halides is 2. The molecule has 0 saturated heterocycles. The maximum Gasteiger partial charge on any atom is 0.283 e. The number of nitrogens with zero attached hydrogens (tertiary/aromatic N) is 5. The minimum atomic E-state index is -2.85. The summed E-state index contributed by atoms with van der Waals surface area (Å²) >= 11 is 11.8. The summed E-state index contributed by atoms with van der Waals surface area (Å²) in [6, 6.07) is 4.30. The average Bonchev–Trinajstić information content (AvgIpc) is 3.17. The van der Waals surface area contributed by atoms with Gasteiger partial charge in [-0.15, -0.1) is 5.10 Å². The minimum Gasteiger partial charge on any atom is -0.292 e. The number of amides is 1. The summed E-state index contributed by atoms with van der Waals surface area (Å²) in [7, 11) is 0. The van der Waals surface area contributed by atoms with Crippen molar-refractivity contribution in [3.63, 3.8) is 0 Å². The van der Waals surface area contributed by atoms with Gasteiger partial charge in [0.05, 0.1) is 17.3 Å². The number of carbonyl (C=O) groups is 1. The number of carbonyl (C=O) groups excluding carboxylic acids is 1. The van der Waals surface area contributed by atoms with Crippen molar-refractivity contribution >= 4 is 35.1 Å². The molecule has 1 amide bonds. The molecule has 2 heterocycles. The Morgan fingerprint density at radius 2 is 2.04 bits per heavy atom. The highest BCUT2D eigenvalue weighted by atomic mass is 35.5. The van der Waals surface area contributed by atoms with Crippen LogP contribution in [0.1, 0.15) is 23.4 Å². The van der Waals surface area contributed by atoms with Crippen molar-refractivity contribution in [3.05, 3.63) is 57.3 Å². The van der Waals surface area contributed by atoms with Crippen molar-refractivity contribution in [1.29, 1.82) is 0 Å². The number of anilines is 1. The van der Waals surface area contributed by atoms with Crippen LogP contribution in [0, 0.1) is 12.7 Å². The first-order valence-electron chi connectivity index (χ1n) is 7.89. The summed E-state index contributed by atoms with van der Waals surface area (Å²) in [5.41, 5.74) is -0.121. The van der Waals surface area contributed by atoms with Crippen molar-refractivity contribution < 1.29 is 18.0 Å². The smallest absolute Gasteiger partial charge is 0.283 e. The van der Waals surface area contributed by atoms with E-state index in [1.807, 2.05) is 0 Å². The van der Waals surface area contributed by atoms with E-state index in [-0.39, 0.29) is 40.3 Å². The Balaban J connectivity index is 1.67. The van der Waals surface area contributed by atoms with E-state index in [2.05, 4.69) is 20.5 Å². The number of aromatic nitrogens is 5. The first-order chi connectivity index (χ1) is 13.3. The molecule has 0 bridgehead atoms. The first-order valence-corrected chi connectivity index (χ1v) is 8.65. The van der Waals surface area contributed by atoms with Crippen LogP contribution in [0.2, 0.25) is 10.0 Å². The van der Waals surface area contributed by atoms with Crippen molar-refractivity contribution in [2.24, 2.45) is 0 Å². The van der Waals surface area contributed by atoms with Crippen LogP contribution in [-0.2, 0) is 17.9 Å². The molecule has 148 valence electrons. The first kappa shape index (κ1) is 20.2. The average molecular weight is 433 g/mol. The lowest BCUT2D eigenvalue weighted by Crippen LogP contribution is -2.21. The second-order valence-electron chi connectivity index (χ2n) is 5.76. The molecule has 0 fully saturated rings. The summed E-state index contributed by atoms with van der Waals surface area (Å²) in [5, 5.41) is 10.1. The van der Waals surface area contributed by atoms with Crippen LogP contribution < -0.4 is 5.32 Å². The van der Waals surface area contributed by atoms with Gasteiger partial charge in [-0.25, -0.2) is 22.8 Å². The molecule has 1 aromatic carbocycles. The van der Waals surface area contributed by atoms with Crippen LogP contribution in [0.15, 0.2) is 24.5 Å². The normalized spacial score (nSPS) is 11.2. The Bertz CT molecular complexity index is 1000. The Labute approximate surface area is 167 Å². The third kappa shape index (κ3) is 4.28. The second kappa shape index (κ2) is 8.19. The molecule has 1 N–H and O–H groups in total. The van der Waals surface area contributed by atoms with Crippen LogP contribution in [0.5, 0.6) is 0 Å². The standard InChI is InChI=1S/C16H13Cl2F3N6O/c1-8-13(18)14(15(20)21)24-27(8)6-12(28)23-16-22-7-26(25-16)5-9-10(17)3-2-4-11(9)19/h2-4,7,15H,5-6H2,1H3,(H,23,25,28). The van der Waals surface area contributed by atoms with Gasteiger partial charge in [-0.05, 0) is 19.1 Å². The largest absolute Gasteiger partial charge is 0.292 e. The molecule has 3 rings (SSSR count). The molecule has 28 heavy (non-hydrogen) atoms. The van der Waals surface area contributed by atoms with Gasteiger partial charge in [0.15, 0.2) is 0 Å². The summed E-state index contributed by atoms with van der Waals surface area (Å²) in [6.07, 6.45) is -1.55. The maximum atomic E-state index is 13.8. The van der Waals surface area contributed by atoms with Gasteiger partial charge >= 0.3 is 0 Å². The van der Waals surface area contributed by atoms with Gasteiger partial charge in [0.1, 0.15) is 24.4 Å². The lowest BCUT2D eigenvalue weighted by atomic mass is 10.2. The second-order valence-corrected chi connectivity index (χ2v) is 6.54. The highest BCUT2D eigenvalue weighted by Gasteiger charge is 2.22. The summed E-state index contributed by atoms with van der Waals surface area (Å²) in [4.78, 5) is 16.0. The summed E-state index contributed by atoms with van der Waals surface area (Å²) in [6.45, 7) is 1.13. The fourth-order valence-electron chi connectivity index (χ4n) is 2.41. The van der Waals surface area contributed by atoms with E-state index >= 15 is 0 Å². The summed E-state index contributed by atoms with van der Waals surface area (Å²) in [5.74, 6) is -1.12. The predicted molar refractivity (Wildman–Crippen MR) is 96.1 cm³/mol. The molecule has 3 aromatic rings. The fourth-order valence-corrected chi connectivity index (χ4v) is 2.86. The van der Waals surface area contributed by atoms with Crippen molar-refractivity contribution in [1.82, 2.24) is 24.5 Å². The lowest BCUT2D eigenvalue weighted by molar-refractivity contribution is -0.117. The van der Waals surface area contributed by atoms with E-state index in [0.29, 0.717) is 0 Å². The van der Waals surface area contributed by atoms with Crippen LogP contribution in [0.25, 0.3) is 0 Å². The van der Waals surface area contributed by atoms with Gasteiger partial charge in [0.25, 0.3) is 6.43 Å². The SMILES string of the molecule is Cc1c(Cl)c(C(F)F)nn1CC(=O)Nc1ncn(Cc2c(F)cccc2Cl)n1. The molecule has 7 nitrogen and oxygen atoms in total. The molecule has 0 radical (unpaired) electrons. The van der Waals surface area contributed by atoms with E-state index in [1.165, 1.54) is 30.1 Å². The number of nitrogens with one attached hydrogen (secondary N) is 1. The fraction of sp³-hybridized carbons (Fsp3) is 0.250. The van der Waals surface area contributed by atoms with Gasteiger partial charge in [0, 0.05) is 10.6 Å². The monoisotopic (exact) mass is 432 g/mol. The van der Waals surface area contributed by atoms with Crippen LogP contribution in [-0.4, -0.2) is 30.5 Å². The third-order valence-corrected chi connectivity index (χ3v) is 4.65. The Hall–Kier alpha value is -2.59. The summed E-state index contributed by atoms with van der Waals surface area (Å²) < 4.78 is 41.8.